The number of H-pyrrole nitrogens is 1. The van der Waals surface area contributed by atoms with Crippen molar-refractivity contribution in [2.45, 2.75) is 33.2 Å². The lowest BCUT2D eigenvalue weighted by molar-refractivity contribution is 0.448. The Morgan fingerprint density at radius 2 is 2.22 bits per heavy atom. The standard InChI is InChI=1S/C12H17N5O/c1-7(2)12-14-6-10(9(5-13)15-12)18-11-4-8(3)16-17-11/h4,6-7H,5,13H2,1-3H3,(H,16,17). The second-order valence-electron chi connectivity index (χ2n) is 4.39. The summed E-state index contributed by atoms with van der Waals surface area (Å²) in [5.41, 5.74) is 7.30. The van der Waals surface area contributed by atoms with Crippen molar-refractivity contribution in [3.8, 4) is 11.6 Å². The molecule has 3 N–H and O–H groups in total. The Balaban J connectivity index is 2.27. The molecule has 2 aromatic heterocycles. The van der Waals surface area contributed by atoms with Crippen LogP contribution in [0, 0.1) is 6.92 Å². The second kappa shape index (κ2) is 5.14. The van der Waals surface area contributed by atoms with Gasteiger partial charge in [-0.1, -0.05) is 13.8 Å². The summed E-state index contributed by atoms with van der Waals surface area (Å²) in [6.45, 7) is 6.28. The van der Waals surface area contributed by atoms with Crippen LogP contribution in [0.4, 0.5) is 0 Å². The summed E-state index contributed by atoms with van der Waals surface area (Å²) in [5.74, 6) is 2.06. The molecule has 0 saturated heterocycles. The van der Waals surface area contributed by atoms with E-state index in [4.69, 9.17) is 10.5 Å². The average Bonchev–Trinajstić information content (AvgIpc) is 2.75. The molecule has 2 rings (SSSR count). The maximum absolute atomic E-state index is 5.68. The van der Waals surface area contributed by atoms with Crippen molar-refractivity contribution >= 4 is 0 Å². The molecule has 0 bridgehead atoms. The highest BCUT2D eigenvalue weighted by molar-refractivity contribution is 5.29. The Morgan fingerprint density at radius 3 is 2.78 bits per heavy atom. The van der Waals surface area contributed by atoms with Gasteiger partial charge in [0.1, 0.15) is 11.5 Å². The minimum Gasteiger partial charge on any atom is -0.434 e. The molecule has 2 heterocycles. The molecule has 0 radical (unpaired) electrons. The highest BCUT2D eigenvalue weighted by Crippen LogP contribution is 2.23. The van der Waals surface area contributed by atoms with Crippen LogP contribution in [-0.2, 0) is 6.54 Å². The van der Waals surface area contributed by atoms with Gasteiger partial charge in [-0.3, -0.25) is 5.10 Å². The normalized spacial score (nSPS) is 10.9. The highest BCUT2D eigenvalue weighted by Gasteiger charge is 2.11. The van der Waals surface area contributed by atoms with Crippen LogP contribution in [-0.4, -0.2) is 20.2 Å². The lowest BCUT2D eigenvalue weighted by Crippen LogP contribution is -2.07. The molecule has 0 spiro atoms. The smallest absolute Gasteiger partial charge is 0.238 e. The molecule has 6 nitrogen and oxygen atoms in total. The van der Waals surface area contributed by atoms with E-state index in [-0.39, 0.29) is 5.92 Å². The fourth-order valence-electron chi connectivity index (χ4n) is 1.49. The first-order valence-electron chi connectivity index (χ1n) is 5.86. The first-order valence-corrected chi connectivity index (χ1v) is 5.86. The van der Waals surface area contributed by atoms with Crippen LogP contribution in [0.15, 0.2) is 12.3 Å². The van der Waals surface area contributed by atoms with Crippen molar-refractivity contribution in [3.63, 3.8) is 0 Å². The van der Waals surface area contributed by atoms with E-state index >= 15 is 0 Å². The summed E-state index contributed by atoms with van der Waals surface area (Å²) in [4.78, 5) is 8.65. The maximum Gasteiger partial charge on any atom is 0.238 e. The van der Waals surface area contributed by atoms with Gasteiger partial charge in [0.2, 0.25) is 5.88 Å². The second-order valence-corrected chi connectivity index (χ2v) is 4.39. The van der Waals surface area contributed by atoms with E-state index in [0.29, 0.717) is 23.9 Å². The number of hydrogen-bond donors (Lipinski definition) is 2. The van der Waals surface area contributed by atoms with Crippen LogP contribution in [0.5, 0.6) is 11.6 Å². The zero-order chi connectivity index (χ0) is 13.1. The van der Waals surface area contributed by atoms with Gasteiger partial charge in [-0.2, -0.15) is 0 Å². The Labute approximate surface area is 106 Å². The van der Waals surface area contributed by atoms with E-state index in [1.54, 1.807) is 12.3 Å². The molecule has 0 aromatic carbocycles. The van der Waals surface area contributed by atoms with Crippen LogP contribution in [0.2, 0.25) is 0 Å². The third-order valence-corrected chi connectivity index (χ3v) is 2.45. The van der Waals surface area contributed by atoms with E-state index in [1.807, 2.05) is 20.8 Å². The topological polar surface area (TPSA) is 89.7 Å². The predicted molar refractivity (Wildman–Crippen MR) is 67.4 cm³/mol. The van der Waals surface area contributed by atoms with E-state index in [1.165, 1.54) is 0 Å². The Hall–Kier alpha value is -1.95. The number of ether oxygens (including phenoxy) is 1. The van der Waals surface area contributed by atoms with Crippen molar-refractivity contribution in [2.24, 2.45) is 5.73 Å². The Bertz CT molecular complexity index is 535. The van der Waals surface area contributed by atoms with Gasteiger partial charge in [-0.15, -0.1) is 5.10 Å². The summed E-state index contributed by atoms with van der Waals surface area (Å²) in [5, 5.41) is 6.81. The third-order valence-electron chi connectivity index (χ3n) is 2.45. The van der Waals surface area contributed by atoms with Gasteiger partial charge >= 0.3 is 0 Å². The van der Waals surface area contributed by atoms with Crippen LogP contribution in [0.25, 0.3) is 0 Å². The molecule has 18 heavy (non-hydrogen) atoms. The van der Waals surface area contributed by atoms with E-state index in [9.17, 15) is 0 Å². The summed E-state index contributed by atoms with van der Waals surface area (Å²) < 4.78 is 5.61. The number of aromatic amines is 1. The van der Waals surface area contributed by atoms with Gasteiger partial charge in [-0.25, -0.2) is 9.97 Å². The zero-order valence-corrected chi connectivity index (χ0v) is 10.8. The van der Waals surface area contributed by atoms with Crippen molar-refractivity contribution < 1.29 is 4.74 Å². The number of aromatic nitrogens is 4. The predicted octanol–water partition coefficient (Wildman–Crippen LogP) is 1.88. The van der Waals surface area contributed by atoms with Crippen molar-refractivity contribution in [1.29, 1.82) is 0 Å². The van der Waals surface area contributed by atoms with Crippen LogP contribution in [0.3, 0.4) is 0 Å². The van der Waals surface area contributed by atoms with Gasteiger partial charge in [0, 0.05) is 24.2 Å². The number of nitrogens with two attached hydrogens (primary N) is 1. The van der Waals surface area contributed by atoms with Gasteiger partial charge in [0.05, 0.1) is 6.20 Å². The maximum atomic E-state index is 5.68. The molecule has 0 aliphatic rings. The van der Waals surface area contributed by atoms with E-state index in [2.05, 4.69) is 20.2 Å². The van der Waals surface area contributed by atoms with Crippen molar-refractivity contribution in [1.82, 2.24) is 20.2 Å². The average molecular weight is 247 g/mol. The van der Waals surface area contributed by atoms with E-state index < -0.39 is 0 Å². The molecular weight excluding hydrogens is 230 g/mol. The van der Waals surface area contributed by atoms with E-state index in [0.717, 1.165) is 11.5 Å². The van der Waals surface area contributed by atoms with Crippen molar-refractivity contribution in [2.75, 3.05) is 0 Å². The van der Waals surface area contributed by atoms with Crippen LogP contribution < -0.4 is 10.5 Å². The Morgan fingerprint density at radius 1 is 1.44 bits per heavy atom. The molecule has 96 valence electrons. The minimum absolute atomic E-state index is 0.261. The number of rotatable bonds is 4. The summed E-state index contributed by atoms with van der Waals surface area (Å²) in [7, 11) is 0. The van der Waals surface area contributed by atoms with Gasteiger partial charge < -0.3 is 10.5 Å². The summed E-state index contributed by atoms with van der Waals surface area (Å²) >= 11 is 0. The van der Waals surface area contributed by atoms with Gasteiger partial charge in [0.15, 0.2) is 5.75 Å². The molecule has 0 aliphatic heterocycles. The largest absolute Gasteiger partial charge is 0.434 e. The van der Waals surface area contributed by atoms with Crippen molar-refractivity contribution in [3.05, 3.63) is 29.5 Å². The van der Waals surface area contributed by atoms with Gasteiger partial charge in [0.25, 0.3) is 0 Å². The molecule has 0 amide bonds. The highest BCUT2D eigenvalue weighted by atomic mass is 16.5. The monoisotopic (exact) mass is 247 g/mol. The molecule has 0 unspecified atom stereocenters. The summed E-state index contributed by atoms with van der Waals surface area (Å²) in [6.07, 6.45) is 1.65. The molecule has 0 saturated carbocycles. The number of aryl methyl sites for hydroxylation is 1. The van der Waals surface area contributed by atoms with Crippen LogP contribution >= 0.6 is 0 Å². The quantitative estimate of drug-likeness (QED) is 0.861. The first kappa shape index (κ1) is 12.5. The first-order chi connectivity index (χ1) is 8.60. The molecule has 0 fully saturated rings. The number of nitrogens with zero attached hydrogens (tertiary/aromatic N) is 3. The number of nitrogens with one attached hydrogen (secondary N) is 1. The minimum atomic E-state index is 0.261. The summed E-state index contributed by atoms with van der Waals surface area (Å²) in [6, 6.07) is 1.80. The third kappa shape index (κ3) is 2.65. The number of hydrogen-bond acceptors (Lipinski definition) is 5. The van der Waals surface area contributed by atoms with Gasteiger partial charge in [-0.05, 0) is 6.92 Å². The lowest BCUT2D eigenvalue weighted by atomic mass is 10.2. The molecule has 0 atom stereocenters. The molecule has 6 heteroatoms. The SMILES string of the molecule is Cc1cc(Oc2cnc(C(C)C)nc2CN)n[nH]1. The molecule has 2 aromatic rings. The zero-order valence-electron chi connectivity index (χ0n) is 10.8. The molecule has 0 aliphatic carbocycles. The molecular formula is C12H17N5O. The fourth-order valence-corrected chi connectivity index (χ4v) is 1.49. The van der Waals surface area contributed by atoms with Crippen LogP contribution in [0.1, 0.15) is 37.0 Å². The lowest BCUT2D eigenvalue weighted by Gasteiger charge is -2.09. The Kier molecular flexibility index (Phi) is 3.57. The fraction of sp³-hybridized carbons (Fsp3) is 0.417.